The molecule has 1 fully saturated rings. The molecule has 0 bridgehead atoms. The van der Waals surface area contributed by atoms with E-state index in [0.29, 0.717) is 30.8 Å². The van der Waals surface area contributed by atoms with Gasteiger partial charge in [0.25, 0.3) is 5.91 Å². The number of carbonyl (C=O) groups excluding carboxylic acids is 2. The summed E-state index contributed by atoms with van der Waals surface area (Å²) < 4.78 is 0. The molecule has 5 nitrogen and oxygen atoms in total. The fourth-order valence-corrected chi connectivity index (χ4v) is 2.49. The maximum Gasteiger partial charge on any atom is 0.256 e. The van der Waals surface area contributed by atoms with Gasteiger partial charge in [-0.1, -0.05) is 19.1 Å². The predicted octanol–water partition coefficient (Wildman–Crippen LogP) is 0.928. The maximum atomic E-state index is 12.6. The second-order valence-electron chi connectivity index (χ2n) is 4.75. The van der Waals surface area contributed by atoms with Crippen LogP contribution in [0.2, 0.25) is 0 Å². The van der Waals surface area contributed by atoms with Crippen molar-refractivity contribution < 1.29 is 9.59 Å². The topological polar surface area (TPSA) is 75.4 Å². The molecular formula is C14H19N3O2. The van der Waals surface area contributed by atoms with Crippen LogP contribution in [0.25, 0.3) is 0 Å². The average Bonchev–Trinajstić information content (AvgIpc) is 2.38. The van der Waals surface area contributed by atoms with Crippen LogP contribution < -0.4 is 11.1 Å². The highest BCUT2D eigenvalue weighted by Gasteiger charge is 2.33. The molecule has 0 aliphatic carbocycles. The third kappa shape index (κ3) is 2.41. The lowest BCUT2D eigenvalue weighted by molar-refractivity contribution is -0.127. The molecule has 1 aromatic rings. The first-order valence-corrected chi connectivity index (χ1v) is 6.50. The highest BCUT2D eigenvalue weighted by molar-refractivity contribution is 6.03. The third-order valence-electron chi connectivity index (χ3n) is 3.50. The van der Waals surface area contributed by atoms with Gasteiger partial charge in [-0.2, -0.15) is 0 Å². The molecule has 2 rings (SSSR count). The zero-order valence-electron chi connectivity index (χ0n) is 11.3. The molecule has 102 valence electrons. The summed E-state index contributed by atoms with van der Waals surface area (Å²) in [5.74, 6) is -0.244. The van der Waals surface area contributed by atoms with Crippen molar-refractivity contribution in [2.75, 3.05) is 18.8 Å². The number of carbonyl (C=O) groups is 2. The van der Waals surface area contributed by atoms with Crippen molar-refractivity contribution in [1.82, 2.24) is 10.2 Å². The standard InChI is InChI=1S/C14H19N3O2/c1-3-11-13(18)16-7-8-17(11)14(19)12-9(2)5-4-6-10(12)15/h4-6,11H,3,7-8,15H2,1-2H3,(H,16,18). The van der Waals surface area contributed by atoms with Gasteiger partial charge < -0.3 is 16.0 Å². The number of nitrogens with one attached hydrogen (secondary N) is 1. The lowest BCUT2D eigenvalue weighted by Crippen LogP contribution is -2.57. The third-order valence-corrected chi connectivity index (χ3v) is 3.50. The Morgan fingerprint density at radius 3 is 2.89 bits per heavy atom. The quantitative estimate of drug-likeness (QED) is 0.778. The Hall–Kier alpha value is -2.04. The first-order valence-electron chi connectivity index (χ1n) is 6.50. The Morgan fingerprint density at radius 1 is 1.53 bits per heavy atom. The summed E-state index contributed by atoms with van der Waals surface area (Å²) >= 11 is 0. The number of hydrogen-bond donors (Lipinski definition) is 2. The van der Waals surface area contributed by atoms with E-state index in [1.54, 1.807) is 11.0 Å². The van der Waals surface area contributed by atoms with Crippen molar-refractivity contribution in [2.45, 2.75) is 26.3 Å². The maximum absolute atomic E-state index is 12.6. The number of aryl methyl sites for hydroxylation is 1. The molecule has 5 heteroatoms. The van der Waals surface area contributed by atoms with Gasteiger partial charge in [-0.25, -0.2) is 0 Å². The van der Waals surface area contributed by atoms with Gasteiger partial charge in [-0.05, 0) is 25.0 Å². The Morgan fingerprint density at radius 2 is 2.26 bits per heavy atom. The van der Waals surface area contributed by atoms with Crippen LogP contribution in [0.4, 0.5) is 5.69 Å². The molecule has 1 aliphatic heterocycles. The number of hydrogen-bond acceptors (Lipinski definition) is 3. The summed E-state index contributed by atoms with van der Waals surface area (Å²) in [5.41, 5.74) is 7.71. The number of amides is 2. The fraction of sp³-hybridized carbons (Fsp3) is 0.429. The summed E-state index contributed by atoms with van der Waals surface area (Å²) in [4.78, 5) is 26.0. The molecule has 1 heterocycles. The predicted molar refractivity (Wildman–Crippen MR) is 73.7 cm³/mol. The number of piperazine rings is 1. The first kappa shape index (κ1) is 13.4. The summed E-state index contributed by atoms with van der Waals surface area (Å²) in [7, 11) is 0. The zero-order valence-corrected chi connectivity index (χ0v) is 11.3. The second-order valence-corrected chi connectivity index (χ2v) is 4.75. The minimum absolute atomic E-state index is 0.0887. The SMILES string of the molecule is CCC1C(=O)NCCN1C(=O)c1c(C)cccc1N. The number of rotatable bonds is 2. The van der Waals surface area contributed by atoms with Crippen LogP contribution in [-0.2, 0) is 4.79 Å². The Bertz CT molecular complexity index is 493. The molecule has 0 aromatic heterocycles. The number of anilines is 1. The molecule has 1 atom stereocenters. The van der Waals surface area contributed by atoms with Crippen molar-refractivity contribution in [3.05, 3.63) is 29.3 Å². The Balaban J connectivity index is 2.35. The van der Waals surface area contributed by atoms with Crippen LogP contribution in [0.15, 0.2) is 18.2 Å². The van der Waals surface area contributed by atoms with E-state index >= 15 is 0 Å². The average molecular weight is 261 g/mol. The number of benzene rings is 1. The van der Waals surface area contributed by atoms with Crippen molar-refractivity contribution in [1.29, 1.82) is 0 Å². The summed E-state index contributed by atoms with van der Waals surface area (Å²) in [5, 5.41) is 2.78. The summed E-state index contributed by atoms with van der Waals surface area (Å²) in [6.07, 6.45) is 0.601. The first-order chi connectivity index (χ1) is 9.06. The van der Waals surface area contributed by atoms with Crippen LogP contribution in [-0.4, -0.2) is 35.8 Å². The van der Waals surface area contributed by atoms with Gasteiger partial charge in [0.1, 0.15) is 6.04 Å². The highest BCUT2D eigenvalue weighted by Crippen LogP contribution is 2.21. The van der Waals surface area contributed by atoms with Crippen molar-refractivity contribution in [3.63, 3.8) is 0 Å². The van der Waals surface area contributed by atoms with Crippen LogP contribution in [0, 0.1) is 6.92 Å². The van der Waals surface area contributed by atoms with Gasteiger partial charge in [-0.3, -0.25) is 9.59 Å². The van der Waals surface area contributed by atoms with Gasteiger partial charge in [0.15, 0.2) is 0 Å². The van der Waals surface area contributed by atoms with Crippen LogP contribution in [0.3, 0.4) is 0 Å². The minimum atomic E-state index is -0.403. The zero-order chi connectivity index (χ0) is 14.0. The number of nitrogens with two attached hydrogens (primary N) is 1. The molecule has 1 unspecified atom stereocenters. The van der Waals surface area contributed by atoms with E-state index in [4.69, 9.17) is 5.73 Å². The van der Waals surface area contributed by atoms with Crippen molar-refractivity contribution in [2.24, 2.45) is 0 Å². The molecule has 0 saturated carbocycles. The van der Waals surface area contributed by atoms with Gasteiger partial charge in [0.05, 0.1) is 5.56 Å². The Kier molecular flexibility index (Phi) is 3.74. The van der Waals surface area contributed by atoms with E-state index < -0.39 is 6.04 Å². The monoisotopic (exact) mass is 261 g/mol. The number of nitrogen functional groups attached to an aromatic ring is 1. The Labute approximate surface area is 112 Å². The van der Waals surface area contributed by atoms with E-state index in [-0.39, 0.29) is 11.8 Å². The second kappa shape index (κ2) is 5.30. The molecule has 0 radical (unpaired) electrons. The van der Waals surface area contributed by atoms with Gasteiger partial charge in [-0.15, -0.1) is 0 Å². The van der Waals surface area contributed by atoms with Gasteiger partial charge >= 0.3 is 0 Å². The molecule has 1 saturated heterocycles. The van der Waals surface area contributed by atoms with Crippen LogP contribution in [0.1, 0.15) is 29.3 Å². The lowest BCUT2D eigenvalue weighted by Gasteiger charge is -2.35. The minimum Gasteiger partial charge on any atom is -0.398 e. The molecule has 3 N–H and O–H groups in total. The molecule has 1 aromatic carbocycles. The van der Waals surface area contributed by atoms with E-state index in [1.807, 2.05) is 26.0 Å². The van der Waals surface area contributed by atoms with E-state index in [0.717, 1.165) is 5.56 Å². The molecule has 19 heavy (non-hydrogen) atoms. The van der Waals surface area contributed by atoms with Crippen LogP contribution in [0.5, 0.6) is 0 Å². The summed E-state index contributed by atoms with van der Waals surface area (Å²) in [6.45, 7) is 4.77. The number of nitrogens with zero attached hydrogens (tertiary/aromatic N) is 1. The lowest BCUT2D eigenvalue weighted by atomic mass is 10.0. The smallest absolute Gasteiger partial charge is 0.256 e. The van der Waals surface area contributed by atoms with Crippen molar-refractivity contribution >= 4 is 17.5 Å². The highest BCUT2D eigenvalue weighted by atomic mass is 16.2. The van der Waals surface area contributed by atoms with E-state index in [1.165, 1.54) is 0 Å². The summed E-state index contributed by atoms with van der Waals surface area (Å²) in [6, 6.07) is 4.99. The van der Waals surface area contributed by atoms with Crippen molar-refractivity contribution in [3.8, 4) is 0 Å². The normalized spacial score (nSPS) is 19.2. The largest absolute Gasteiger partial charge is 0.398 e. The molecular weight excluding hydrogens is 242 g/mol. The fourth-order valence-electron chi connectivity index (χ4n) is 2.49. The molecule has 1 aliphatic rings. The van der Waals surface area contributed by atoms with E-state index in [2.05, 4.69) is 5.32 Å². The van der Waals surface area contributed by atoms with E-state index in [9.17, 15) is 9.59 Å². The van der Waals surface area contributed by atoms with Crippen LogP contribution >= 0.6 is 0 Å². The molecule has 0 spiro atoms. The van der Waals surface area contributed by atoms with Gasteiger partial charge in [0.2, 0.25) is 5.91 Å². The van der Waals surface area contributed by atoms with Gasteiger partial charge in [0, 0.05) is 18.8 Å². The molecule has 2 amide bonds.